The highest BCUT2D eigenvalue weighted by molar-refractivity contribution is 6.32. The predicted octanol–water partition coefficient (Wildman–Crippen LogP) is 4.28. The molecule has 0 aromatic heterocycles. The predicted molar refractivity (Wildman–Crippen MR) is 88.5 cm³/mol. The van der Waals surface area contributed by atoms with Crippen molar-refractivity contribution < 1.29 is 24.1 Å². The molecule has 1 aliphatic rings. The van der Waals surface area contributed by atoms with Gasteiger partial charge in [-0.25, -0.2) is 4.39 Å². The van der Waals surface area contributed by atoms with Crippen LogP contribution in [0.3, 0.4) is 0 Å². The minimum absolute atomic E-state index is 0.00871. The van der Waals surface area contributed by atoms with Crippen molar-refractivity contribution in [3.8, 4) is 17.2 Å². The number of carbonyl (C=O) groups excluding carboxylic acids is 1. The average Bonchev–Trinajstić information content (AvgIpc) is 2.80. The van der Waals surface area contributed by atoms with Crippen molar-refractivity contribution in [1.29, 1.82) is 0 Å². The number of hydrogen-bond acceptors (Lipinski definition) is 4. The third-order valence-corrected chi connectivity index (χ3v) is 4.44. The fourth-order valence-corrected chi connectivity index (χ4v) is 3.16. The number of ketones is 1. The van der Waals surface area contributed by atoms with Gasteiger partial charge >= 0.3 is 0 Å². The Morgan fingerprint density at radius 3 is 2.62 bits per heavy atom. The van der Waals surface area contributed by atoms with Gasteiger partial charge in [0.2, 0.25) is 0 Å². The summed E-state index contributed by atoms with van der Waals surface area (Å²) in [6, 6.07) is 5.31. The van der Waals surface area contributed by atoms with Gasteiger partial charge in [0.05, 0.1) is 17.7 Å². The largest absolute Gasteiger partial charge is 0.507 e. The van der Waals surface area contributed by atoms with Crippen molar-refractivity contribution >= 4 is 23.5 Å². The van der Waals surface area contributed by atoms with E-state index in [4.69, 9.17) is 16.3 Å². The fourth-order valence-electron chi connectivity index (χ4n) is 2.94. The molecule has 1 atom stereocenters. The summed E-state index contributed by atoms with van der Waals surface area (Å²) in [4.78, 5) is 12.6. The van der Waals surface area contributed by atoms with E-state index < -0.39 is 17.5 Å². The van der Waals surface area contributed by atoms with Crippen LogP contribution >= 0.6 is 11.6 Å². The summed E-state index contributed by atoms with van der Waals surface area (Å²) in [5.41, 5.74) is 1.03. The second-order valence-electron chi connectivity index (χ2n) is 5.56. The smallest absolute Gasteiger partial charge is 0.193 e. The average molecular weight is 349 g/mol. The van der Waals surface area contributed by atoms with Crippen molar-refractivity contribution in [1.82, 2.24) is 0 Å². The molecule has 0 amide bonds. The molecule has 1 aliphatic carbocycles. The number of aromatic hydroxyl groups is 2. The first-order chi connectivity index (χ1) is 11.3. The van der Waals surface area contributed by atoms with Gasteiger partial charge in [-0.05, 0) is 35.9 Å². The molecule has 0 saturated carbocycles. The minimum Gasteiger partial charge on any atom is -0.507 e. The molecule has 0 fully saturated rings. The van der Waals surface area contributed by atoms with Gasteiger partial charge in [0.1, 0.15) is 11.6 Å². The van der Waals surface area contributed by atoms with E-state index in [0.717, 1.165) is 6.07 Å². The van der Waals surface area contributed by atoms with Gasteiger partial charge < -0.3 is 14.9 Å². The fraction of sp³-hybridized carbons (Fsp3) is 0.167. The number of allylic oxidation sites excluding steroid dienone is 1. The lowest BCUT2D eigenvalue weighted by Crippen LogP contribution is -1.98. The van der Waals surface area contributed by atoms with Gasteiger partial charge in [-0.1, -0.05) is 18.5 Å². The summed E-state index contributed by atoms with van der Waals surface area (Å²) < 4.78 is 19.1. The third-order valence-electron chi connectivity index (χ3n) is 4.15. The topological polar surface area (TPSA) is 66.8 Å². The third kappa shape index (κ3) is 2.41. The Hall–Kier alpha value is -2.53. The number of ether oxygens (including phenoxy) is 1. The summed E-state index contributed by atoms with van der Waals surface area (Å²) in [5, 5.41) is 19.8. The lowest BCUT2D eigenvalue weighted by molar-refractivity contribution is 0.103. The Balaban J connectivity index is 2.14. The number of Topliss-reactive ketones (excluding diaryl/α,β-unsaturated/α-hetero) is 1. The van der Waals surface area contributed by atoms with Crippen LogP contribution in [0.4, 0.5) is 4.39 Å². The zero-order valence-electron chi connectivity index (χ0n) is 12.9. The van der Waals surface area contributed by atoms with Crippen LogP contribution in [0.2, 0.25) is 5.02 Å². The summed E-state index contributed by atoms with van der Waals surface area (Å²) in [7, 11) is 1.38. The molecule has 0 aliphatic heterocycles. The molecule has 0 unspecified atom stereocenters. The van der Waals surface area contributed by atoms with E-state index in [1.807, 2.05) is 0 Å². The first kappa shape index (κ1) is 16.3. The van der Waals surface area contributed by atoms with E-state index in [1.54, 1.807) is 13.0 Å². The number of fused-ring (bicyclic) bond motifs is 1. The molecule has 0 spiro atoms. The molecule has 2 N–H and O–H groups in total. The Labute approximate surface area is 142 Å². The van der Waals surface area contributed by atoms with E-state index in [-0.39, 0.29) is 33.4 Å². The van der Waals surface area contributed by atoms with E-state index in [1.165, 1.54) is 25.3 Å². The molecule has 0 radical (unpaired) electrons. The molecule has 0 saturated heterocycles. The van der Waals surface area contributed by atoms with Gasteiger partial charge in [0, 0.05) is 17.1 Å². The van der Waals surface area contributed by atoms with Crippen LogP contribution in [-0.2, 0) is 0 Å². The molecular formula is C18H14ClFO4. The zero-order chi connectivity index (χ0) is 17.6. The number of rotatable bonds is 2. The first-order valence-corrected chi connectivity index (χ1v) is 7.57. The van der Waals surface area contributed by atoms with Crippen molar-refractivity contribution in [2.75, 3.05) is 7.11 Å². The quantitative estimate of drug-likeness (QED) is 0.795. The molecule has 0 bridgehead atoms. The van der Waals surface area contributed by atoms with E-state index in [0.29, 0.717) is 11.1 Å². The lowest BCUT2D eigenvalue weighted by atomic mass is 9.97. The molecular weight excluding hydrogens is 335 g/mol. The van der Waals surface area contributed by atoms with Crippen LogP contribution in [-0.4, -0.2) is 23.1 Å². The van der Waals surface area contributed by atoms with Crippen LogP contribution in [0.5, 0.6) is 17.2 Å². The Bertz CT molecular complexity index is 889. The van der Waals surface area contributed by atoms with E-state index >= 15 is 0 Å². The van der Waals surface area contributed by atoms with Gasteiger partial charge in [0.25, 0.3) is 0 Å². The van der Waals surface area contributed by atoms with Crippen molar-refractivity contribution in [3.05, 3.63) is 57.4 Å². The normalized spacial score (nSPS) is 18.1. The van der Waals surface area contributed by atoms with Crippen molar-refractivity contribution in [3.63, 3.8) is 0 Å². The summed E-state index contributed by atoms with van der Waals surface area (Å²) in [5.74, 6) is -1.75. The summed E-state index contributed by atoms with van der Waals surface area (Å²) in [6.07, 6.45) is 1.56. The van der Waals surface area contributed by atoms with Crippen LogP contribution in [0.25, 0.3) is 6.08 Å². The maximum atomic E-state index is 14.1. The number of hydrogen-bond donors (Lipinski definition) is 2. The lowest BCUT2D eigenvalue weighted by Gasteiger charge is -2.09. The maximum absolute atomic E-state index is 14.1. The summed E-state index contributed by atoms with van der Waals surface area (Å²) in [6.45, 7) is 1.69. The van der Waals surface area contributed by atoms with E-state index in [2.05, 4.69) is 0 Å². The number of phenols is 2. The second kappa shape index (κ2) is 5.83. The second-order valence-corrected chi connectivity index (χ2v) is 5.97. The monoisotopic (exact) mass is 348 g/mol. The van der Waals surface area contributed by atoms with Crippen LogP contribution in [0.1, 0.15) is 34.3 Å². The maximum Gasteiger partial charge on any atom is 0.193 e. The number of methoxy groups -OCH3 is 1. The highest BCUT2D eigenvalue weighted by atomic mass is 35.5. The molecule has 0 heterocycles. The molecule has 24 heavy (non-hydrogen) atoms. The van der Waals surface area contributed by atoms with Gasteiger partial charge in [-0.15, -0.1) is 0 Å². The minimum atomic E-state index is -0.534. The molecule has 6 heteroatoms. The number of benzene rings is 2. The SMILES string of the molecule is COc1cc(/C=C2\C(=O)c3c(O)ccc(F)c3[C@@H]2C)cc(Cl)c1O. The Morgan fingerprint density at radius 2 is 2.00 bits per heavy atom. The molecule has 3 rings (SSSR count). The Kier molecular flexibility index (Phi) is 3.97. The van der Waals surface area contributed by atoms with Gasteiger partial charge in [-0.3, -0.25) is 4.79 Å². The number of halogens is 2. The highest BCUT2D eigenvalue weighted by Gasteiger charge is 2.36. The number of phenolic OH excluding ortho intramolecular Hbond substituents is 2. The highest BCUT2D eigenvalue weighted by Crippen LogP contribution is 2.44. The van der Waals surface area contributed by atoms with Crippen LogP contribution in [0, 0.1) is 5.82 Å². The molecule has 2 aromatic carbocycles. The van der Waals surface area contributed by atoms with E-state index in [9.17, 15) is 19.4 Å². The Morgan fingerprint density at radius 1 is 1.29 bits per heavy atom. The first-order valence-electron chi connectivity index (χ1n) is 7.19. The van der Waals surface area contributed by atoms with Crippen LogP contribution < -0.4 is 4.74 Å². The van der Waals surface area contributed by atoms with Crippen molar-refractivity contribution in [2.45, 2.75) is 12.8 Å². The zero-order valence-corrected chi connectivity index (χ0v) is 13.7. The molecule has 4 nitrogen and oxygen atoms in total. The molecule has 124 valence electrons. The number of carbonyl (C=O) groups is 1. The molecule has 2 aromatic rings. The van der Waals surface area contributed by atoms with Gasteiger partial charge in [0.15, 0.2) is 17.3 Å². The van der Waals surface area contributed by atoms with Crippen LogP contribution in [0.15, 0.2) is 29.8 Å². The summed E-state index contributed by atoms with van der Waals surface area (Å²) >= 11 is 5.95. The van der Waals surface area contributed by atoms with Gasteiger partial charge in [-0.2, -0.15) is 0 Å². The van der Waals surface area contributed by atoms with Crippen molar-refractivity contribution in [2.24, 2.45) is 0 Å². The standard InChI is InChI=1S/C18H14ClFO4/c1-8-10(5-9-6-11(19)18(23)14(7-9)24-2)17(22)16-13(21)4-3-12(20)15(8)16/h3-8,21,23H,1-2H3/b10-5-/t8-/m1/s1.